The molecule has 0 aromatic carbocycles. The molecule has 56 valence electrons. The van der Waals surface area contributed by atoms with E-state index in [9.17, 15) is 0 Å². The molecule has 11 heavy (non-hydrogen) atoms. The second-order valence-corrected chi connectivity index (χ2v) is 2.13. The zero-order valence-electron chi connectivity index (χ0n) is 5.74. The summed E-state index contributed by atoms with van der Waals surface area (Å²) < 4.78 is 1.71. The van der Waals surface area contributed by atoms with Crippen LogP contribution in [0.4, 0.5) is 0 Å². The molecule has 4 heteroatoms. The lowest BCUT2D eigenvalue weighted by atomic mass is 10.5. The number of hydrogen-bond donors (Lipinski definition) is 0. The molecule has 0 N–H and O–H groups in total. The zero-order valence-corrected chi connectivity index (χ0v) is 6.49. The van der Waals surface area contributed by atoms with Crippen LogP contribution in [0.5, 0.6) is 0 Å². The third-order valence-corrected chi connectivity index (χ3v) is 1.38. The minimum absolute atomic E-state index is 0.403. The molecule has 1 heterocycles. The number of aromatic nitrogens is 2. The summed E-state index contributed by atoms with van der Waals surface area (Å²) in [5.41, 5.74) is 1.42. The van der Waals surface area contributed by atoms with Crippen LogP contribution >= 0.6 is 11.6 Å². The quantitative estimate of drug-likeness (QED) is 0.670. The van der Waals surface area contributed by atoms with Crippen LogP contribution in [0.25, 0.3) is 0 Å². The molecular formula is C7H6ClN3. The summed E-state index contributed by atoms with van der Waals surface area (Å²) in [6.45, 7) is 0.590. The van der Waals surface area contributed by atoms with Gasteiger partial charge in [0.25, 0.3) is 0 Å². The molecule has 0 bridgehead atoms. The Morgan fingerprint density at radius 2 is 2.64 bits per heavy atom. The fourth-order valence-corrected chi connectivity index (χ4v) is 0.803. The number of nitriles is 1. The summed E-state index contributed by atoms with van der Waals surface area (Å²) in [6, 6.07) is 1.96. The van der Waals surface area contributed by atoms with Crippen LogP contribution in [0.15, 0.2) is 24.0 Å². The number of hydrogen-bond acceptors (Lipinski definition) is 2. The summed E-state index contributed by atoms with van der Waals surface area (Å²) in [6.07, 6.45) is 5.06. The Morgan fingerprint density at radius 3 is 3.27 bits per heavy atom. The van der Waals surface area contributed by atoms with Crippen LogP contribution in [-0.2, 0) is 6.54 Å². The van der Waals surface area contributed by atoms with Crippen molar-refractivity contribution in [1.82, 2.24) is 9.55 Å². The molecule has 0 saturated heterocycles. The molecule has 0 unspecified atom stereocenters. The van der Waals surface area contributed by atoms with E-state index < -0.39 is 0 Å². The van der Waals surface area contributed by atoms with Crippen molar-refractivity contribution in [3.8, 4) is 6.07 Å². The van der Waals surface area contributed by atoms with Gasteiger partial charge in [0.1, 0.15) is 6.07 Å². The lowest BCUT2D eigenvalue weighted by Crippen LogP contribution is -1.96. The van der Waals surface area contributed by atoms with Crippen molar-refractivity contribution in [3.63, 3.8) is 0 Å². The second kappa shape index (κ2) is 3.79. The smallest absolute Gasteiger partial charge is 0.213 e. The molecule has 0 amide bonds. The fraction of sp³-hybridized carbons (Fsp3) is 0.143. The maximum Gasteiger partial charge on any atom is 0.213 e. The predicted octanol–water partition coefficient (Wildman–Crippen LogP) is 1.51. The van der Waals surface area contributed by atoms with Crippen LogP contribution in [-0.4, -0.2) is 9.55 Å². The largest absolute Gasteiger partial charge is 0.319 e. The van der Waals surface area contributed by atoms with Gasteiger partial charge in [-0.1, -0.05) is 17.7 Å². The highest BCUT2D eigenvalue weighted by Crippen LogP contribution is 1.95. The normalized spacial score (nSPS) is 10.2. The van der Waals surface area contributed by atoms with Crippen molar-refractivity contribution >= 4 is 11.6 Å². The van der Waals surface area contributed by atoms with Gasteiger partial charge in [0.15, 0.2) is 0 Å². The standard InChI is InChI=1S/C7H6ClN3/c8-2-1-4-11-5-3-10-7(11)6-9/h1-3,5H,4H2. The van der Waals surface area contributed by atoms with E-state index in [1.807, 2.05) is 6.07 Å². The number of imidazole rings is 1. The maximum atomic E-state index is 8.52. The van der Waals surface area contributed by atoms with Crippen molar-refractivity contribution in [2.45, 2.75) is 6.54 Å². The Morgan fingerprint density at radius 1 is 1.82 bits per heavy atom. The minimum Gasteiger partial charge on any atom is -0.319 e. The van der Waals surface area contributed by atoms with Gasteiger partial charge in [0.05, 0.1) is 0 Å². The molecular weight excluding hydrogens is 162 g/mol. The van der Waals surface area contributed by atoms with Crippen LogP contribution < -0.4 is 0 Å². The summed E-state index contributed by atoms with van der Waals surface area (Å²) in [7, 11) is 0. The van der Waals surface area contributed by atoms with Gasteiger partial charge in [-0.2, -0.15) is 5.26 Å². The molecule has 0 spiro atoms. The Kier molecular flexibility index (Phi) is 2.70. The lowest BCUT2D eigenvalue weighted by molar-refractivity contribution is 0.804. The van der Waals surface area contributed by atoms with E-state index in [4.69, 9.17) is 16.9 Å². The molecule has 0 fully saturated rings. The van der Waals surface area contributed by atoms with Crippen molar-refractivity contribution < 1.29 is 0 Å². The Bertz CT molecular complexity index is 295. The number of nitrogens with zero attached hydrogens (tertiary/aromatic N) is 3. The molecule has 0 aliphatic rings. The fourth-order valence-electron chi connectivity index (χ4n) is 0.723. The third kappa shape index (κ3) is 1.82. The van der Waals surface area contributed by atoms with Crippen molar-refractivity contribution in [2.24, 2.45) is 0 Å². The molecule has 1 aromatic rings. The van der Waals surface area contributed by atoms with Gasteiger partial charge in [0, 0.05) is 24.5 Å². The topological polar surface area (TPSA) is 41.6 Å². The Hall–Kier alpha value is -1.27. The first-order chi connectivity index (χ1) is 5.38. The van der Waals surface area contributed by atoms with Gasteiger partial charge in [-0.05, 0) is 0 Å². The van der Waals surface area contributed by atoms with E-state index in [2.05, 4.69) is 4.98 Å². The Labute approximate surface area is 69.5 Å². The highest BCUT2D eigenvalue weighted by molar-refractivity contribution is 6.25. The van der Waals surface area contributed by atoms with Gasteiger partial charge < -0.3 is 4.57 Å². The van der Waals surface area contributed by atoms with Crippen LogP contribution in [0, 0.1) is 11.3 Å². The highest BCUT2D eigenvalue weighted by atomic mass is 35.5. The first-order valence-electron chi connectivity index (χ1n) is 3.05. The van der Waals surface area contributed by atoms with E-state index in [1.54, 1.807) is 23.0 Å². The summed E-state index contributed by atoms with van der Waals surface area (Å²) in [5.74, 6) is 0.403. The first kappa shape index (κ1) is 7.83. The summed E-state index contributed by atoms with van der Waals surface area (Å²) >= 11 is 5.32. The number of allylic oxidation sites excluding steroid dienone is 1. The summed E-state index contributed by atoms with van der Waals surface area (Å²) in [5, 5.41) is 8.52. The average Bonchev–Trinajstić information content (AvgIpc) is 2.47. The molecule has 0 radical (unpaired) electrons. The van der Waals surface area contributed by atoms with E-state index in [1.165, 1.54) is 5.54 Å². The van der Waals surface area contributed by atoms with Gasteiger partial charge >= 0.3 is 0 Å². The van der Waals surface area contributed by atoms with E-state index in [-0.39, 0.29) is 0 Å². The van der Waals surface area contributed by atoms with E-state index in [0.29, 0.717) is 12.4 Å². The van der Waals surface area contributed by atoms with Crippen molar-refractivity contribution in [3.05, 3.63) is 29.8 Å². The molecule has 1 rings (SSSR count). The van der Waals surface area contributed by atoms with E-state index >= 15 is 0 Å². The molecule has 1 aromatic heterocycles. The molecule has 3 nitrogen and oxygen atoms in total. The number of rotatable bonds is 2. The van der Waals surface area contributed by atoms with Crippen molar-refractivity contribution in [2.75, 3.05) is 0 Å². The van der Waals surface area contributed by atoms with Gasteiger partial charge in [-0.3, -0.25) is 0 Å². The Balaban J connectivity index is 2.78. The maximum absolute atomic E-state index is 8.52. The molecule has 0 atom stereocenters. The molecule has 0 aliphatic carbocycles. The minimum atomic E-state index is 0.403. The van der Waals surface area contributed by atoms with Crippen LogP contribution in [0.2, 0.25) is 0 Å². The predicted molar refractivity (Wildman–Crippen MR) is 41.9 cm³/mol. The van der Waals surface area contributed by atoms with Crippen LogP contribution in [0.3, 0.4) is 0 Å². The van der Waals surface area contributed by atoms with Gasteiger partial charge in [-0.25, -0.2) is 4.98 Å². The van der Waals surface area contributed by atoms with E-state index in [0.717, 1.165) is 0 Å². The third-order valence-electron chi connectivity index (χ3n) is 1.21. The average molecular weight is 168 g/mol. The van der Waals surface area contributed by atoms with Gasteiger partial charge in [0.2, 0.25) is 5.82 Å². The molecule has 0 saturated carbocycles. The SMILES string of the molecule is N#Cc1nccn1CC=CCl. The summed E-state index contributed by atoms with van der Waals surface area (Å²) in [4.78, 5) is 3.81. The monoisotopic (exact) mass is 167 g/mol. The zero-order chi connectivity index (χ0) is 8.10. The lowest BCUT2D eigenvalue weighted by Gasteiger charge is -1.94. The second-order valence-electron chi connectivity index (χ2n) is 1.88. The first-order valence-corrected chi connectivity index (χ1v) is 3.48. The van der Waals surface area contributed by atoms with Crippen LogP contribution in [0.1, 0.15) is 5.82 Å². The molecule has 0 aliphatic heterocycles. The highest BCUT2D eigenvalue weighted by Gasteiger charge is 1.96. The van der Waals surface area contributed by atoms with Crippen molar-refractivity contribution in [1.29, 1.82) is 5.26 Å². The number of halogens is 1. The van der Waals surface area contributed by atoms with Gasteiger partial charge in [-0.15, -0.1) is 0 Å².